The summed E-state index contributed by atoms with van der Waals surface area (Å²) in [6, 6.07) is 17.5. The standard InChI is InChI=1S/C20H26N2OS/c1-15(21-19-5-3-4-6-20(19)24-2)16-7-9-17(10-8-16)22-13-11-18(23)12-14-22/h3-10,15,18,21,23H,11-14H2,1-2H3. The molecule has 1 atom stereocenters. The van der Waals surface area contributed by atoms with Gasteiger partial charge in [0.1, 0.15) is 0 Å². The molecule has 3 rings (SSSR count). The number of benzene rings is 2. The monoisotopic (exact) mass is 342 g/mol. The van der Waals surface area contributed by atoms with E-state index >= 15 is 0 Å². The third-order valence-corrected chi connectivity index (χ3v) is 5.50. The van der Waals surface area contributed by atoms with E-state index in [4.69, 9.17) is 0 Å². The van der Waals surface area contributed by atoms with Crippen LogP contribution >= 0.6 is 11.8 Å². The van der Waals surface area contributed by atoms with Gasteiger partial charge < -0.3 is 15.3 Å². The van der Waals surface area contributed by atoms with Crippen molar-refractivity contribution in [3.63, 3.8) is 0 Å². The van der Waals surface area contributed by atoms with Crippen LogP contribution in [0.5, 0.6) is 0 Å². The number of rotatable bonds is 5. The molecule has 2 N–H and O–H groups in total. The minimum absolute atomic E-state index is 0.124. The van der Waals surface area contributed by atoms with Gasteiger partial charge in [0.05, 0.1) is 6.10 Å². The van der Waals surface area contributed by atoms with Crippen molar-refractivity contribution in [3.05, 3.63) is 54.1 Å². The summed E-state index contributed by atoms with van der Waals surface area (Å²) < 4.78 is 0. The Labute approximate surface area is 149 Å². The third kappa shape index (κ3) is 4.05. The van der Waals surface area contributed by atoms with Crippen LogP contribution in [-0.2, 0) is 0 Å². The topological polar surface area (TPSA) is 35.5 Å². The molecule has 1 unspecified atom stereocenters. The molecule has 2 aromatic carbocycles. The Balaban J connectivity index is 1.66. The SMILES string of the molecule is CSc1ccccc1NC(C)c1ccc(N2CCC(O)CC2)cc1. The lowest BCUT2D eigenvalue weighted by Crippen LogP contribution is -2.35. The van der Waals surface area contributed by atoms with E-state index in [0.717, 1.165) is 25.9 Å². The van der Waals surface area contributed by atoms with E-state index in [1.807, 2.05) is 0 Å². The summed E-state index contributed by atoms with van der Waals surface area (Å²) in [7, 11) is 0. The van der Waals surface area contributed by atoms with E-state index in [-0.39, 0.29) is 12.1 Å². The molecule has 24 heavy (non-hydrogen) atoms. The fourth-order valence-electron chi connectivity index (χ4n) is 3.18. The number of hydrogen-bond acceptors (Lipinski definition) is 4. The second-order valence-corrected chi connectivity index (χ2v) is 7.22. The minimum atomic E-state index is -0.124. The van der Waals surface area contributed by atoms with E-state index in [1.165, 1.54) is 21.8 Å². The number of thioether (sulfide) groups is 1. The largest absolute Gasteiger partial charge is 0.393 e. The molecule has 3 nitrogen and oxygen atoms in total. The first-order chi connectivity index (χ1) is 11.7. The van der Waals surface area contributed by atoms with Gasteiger partial charge in [0.2, 0.25) is 0 Å². The summed E-state index contributed by atoms with van der Waals surface area (Å²) in [6.45, 7) is 4.08. The van der Waals surface area contributed by atoms with E-state index in [0.29, 0.717) is 0 Å². The minimum Gasteiger partial charge on any atom is -0.393 e. The maximum atomic E-state index is 9.64. The van der Waals surface area contributed by atoms with Gasteiger partial charge >= 0.3 is 0 Å². The normalized spacial score (nSPS) is 16.9. The van der Waals surface area contributed by atoms with Gasteiger partial charge in [0.15, 0.2) is 0 Å². The molecule has 2 aromatic rings. The number of aliphatic hydroxyl groups excluding tert-OH is 1. The van der Waals surface area contributed by atoms with Gasteiger partial charge in [-0.3, -0.25) is 0 Å². The lowest BCUT2D eigenvalue weighted by molar-refractivity contribution is 0.145. The van der Waals surface area contributed by atoms with E-state index < -0.39 is 0 Å². The van der Waals surface area contributed by atoms with Crippen LogP contribution in [0.15, 0.2) is 53.4 Å². The number of para-hydroxylation sites is 1. The van der Waals surface area contributed by atoms with Crippen molar-refractivity contribution < 1.29 is 5.11 Å². The van der Waals surface area contributed by atoms with Crippen molar-refractivity contribution in [1.29, 1.82) is 0 Å². The van der Waals surface area contributed by atoms with Gasteiger partial charge in [-0.05, 0) is 55.9 Å². The van der Waals surface area contributed by atoms with Crippen LogP contribution < -0.4 is 10.2 Å². The number of nitrogens with zero attached hydrogens (tertiary/aromatic N) is 1. The van der Waals surface area contributed by atoms with Crippen molar-refractivity contribution in [1.82, 2.24) is 0 Å². The molecule has 0 saturated carbocycles. The maximum Gasteiger partial charge on any atom is 0.0574 e. The average Bonchev–Trinajstić information content (AvgIpc) is 2.63. The second-order valence-electron chi connectivity index (χ2n) is 6.38. The molecular formula is C20H26N2OS. The highest BCUT2D eigenvalue weighted by Gasteiger charge is 2.17. The predicted molar refractivity (Wildman–Crippen MR) is 104 cm³/mol. The van der Waals surface area contributed by atoms with Crippen molar-refractivity contribution in [3.8, 4) is 0 Å². The molecule has 1 aliphatic rings. The summed E-state index contributed by atoms with van der Waals surface area (Å²) in [6.07, 6.45) is 3.72. The second kappa shape index (κ2) is 7.95. The summed E-state index contributed by atoms with van der Waals surface area (Å²) in [4.78, 5) is 3.63. The van der Waals surface area contributed by atoms with Crippen molar-refractivity contribution in [2.75, 3.05) is 29.6 Å². The van der Waals surface area contributed by atoms with Crippen LogP contribution in [0.25, 0.3) is 0 Å². The molecule has 4 heteroatoms. The van der Waals surface area contributed by atoms with Gasteiger partial charge in [-0.25, -0.2) is 0 Å². The predicted octanol–water partition coefficient (Wildman–Crippen LogP) is 4.54. The molecule has 0 spiro atoms. The molecule has 1 aliphatic heterocycles. The van der Waals surface area contributed by atoms with E-state index in [9.17, 15) is 5.11 Å². The summed E-state index contributed by atoms with van der Waals surface area (Å²) in [5, 5.41) is 13.3. The molecule has 0 aromatic heterocycles. The number of piperidine rings is 1. The van der Waals surface area contributed by atoms with E-state index in [1.54, 1.807) is 11.8 Å². The van der Waals surface area contributed by atoms with Crippen molar-refractivity contribution in [2.24, 2.45) is 0 Å². The summed E-state index contributed by atoms with van der Waals surface area (Å²) >= 11 is 1.76. The lowest BCUT2D eigenvalue weighted by Gasteiger charge is -2.31. The van der Waals surface area contributed by atoms with E-state index in [2.05, 4.69) is 71.9 Å². The first-order valence-corrected chi connectivity index (χ1v) is 9.82. The molecule has 0 radical (unpaired) electrons. The zero-order valence-corrected chi connectivity index (χ0v) is 15.2. The smallest absolute Gasteiger partial charge is 0.0574 e. The summed E-state index contributed by atoms with van der Waals surface area (Å²) in [5.41, 5.74) is 3.72. The van der Waals surface area contributed by atoms with Crippen LogP contribution in [0.3, 0.4) is 0 Å². The molecule has 1 heterocycles. The zero-order chi connectivity index (χ0) is 16.9. The quantitative estimate of drug-likeness (QED) is 0.782. The Kier molecular flexibility index (Phi) is 5.69. The number of nitrogens with one attached hydrogen (secondary N) is 1. The highest BCUT2D eigenvalue weighted by Crippen LogP contribution is 2.29. The molecule has 1 saturated heterocycles. The Bertz CT molecular complexity index is 651. The van der Waals surface area contributed by atoms with Gasteiger partial charge in [0, 0.05) is 35.4 Å². The Morgan fingerprint density at radius 2 is 1.75 bits per heavy atom. The lowest BCUT2D eigenvalue weighted by atomic mass is 10.0. The fraction of sp³-hybridized carbons (Fsp3) is 0.400. The summed E-state index contributed by atoms with van der Waals surface area (Å²) in [5.74, 6) is 0. The van der Waals surface area contributed by atoms with Crippen LogP contribution in [0.1, 0.15) is 31.4 Å². The van der Waals surface area contributed by atoms with Crippen molar-refractivity contribution >= 4 is 23.1 Å². The first-order valence-electron chi connectivity index (χ1n) is 8.60. The Morgan fingerprint density at radius 3 is 2.42 bits per heavy atom. The molecule has 0 aliphatic carbocycles. The Morgan fingerprint density at radius 1 is 1.08 bits per heavy atom. The van der Waals surface area contributed by atoms with Crippen LogP contribution in [0.4, 0.5) is 11.4 Å². The van der Waals surface area contributed by atoms with Crippen molar-refractivity contribution in [2.45, 2.75) is 36.8 Å². The Hall–Kier alpha value is -1.65. The van der Waals surface area contributed by atoms with Gasteiger partial charge in [-0.15, -0.1) is 11.8 Å². The molecule has 128 valence electrons. The zero-order valence-electron chi connectivity index (χ0n) is 14.4. The average molecular weight is 343 g/mol. The van der Waals surface area contributed by atoms with Gasteiger partial charge in [-0.2, -0.15) is 0 Å². The number of aliphatic hydroxyl groups is 1. The highest BCUT2D eigenvalue weighted by molar-refractivity contribution is 7.98. The molecule has 1 fully saturated rings. The third-order valence-electron chi connectivity index (χ3n) is 4.70. The van der Waals surface area contributed by atoms with Crippen LogP contribution in [0, 0.1) is 0 Å². The van der Waals surface area contributed by atoms with Gasteiger partial charge in [0.25, 0.3) is 0 Å². The number of anilines is 2. The number of hydrogen-bond donors (Lipinski definition) is 2. The van der Waals surface area contributed by atoms with Crippen LogP contribution in [-0.4, -0.2) is 30.6 Å². The molecular weight excluding hydrogens is 316 g/mol. The molecule has 0 amide bonds. The van der Waals surface area contributed by atoms with Crippen LogP contribution in [0.2, 0.25) is 0 Å². The fourth-order valence-corrected chi connectivity index (χ4v) is 3.74. The highest BCUT2D eigenvalue weighted by atomic mass is 32.2. The first kappa shape index (κ1) is 17.2. The molecule has 0 bridgehead atoms. The van der Waals surface area contributed by atoms with Gasteiger partial charge in [-0.1, -0.05) is 24.3 Å². The maximum absolute atomic E-state index is 9.64.